The zero-order chi connectivity index (χ0) is 14.8. The van der Waals surface area contributed by atoms with Crippen LogP contribution in [0.3, 0.4) is 0 Å². The average molecular weight is 290 g/mol. The molecule has 0 spiro atoms. The number of rotatable bonds is 7. The summed E-state index contributed by atoms with van der Waals surface area (Å²) in [7, 11) is 0. The minimum atomic E-state index is -0.444. The van der Waals surface area contributed by atoms with Crippen LogP contribution in [0.2, 0.25) is 0 Å². The number of hydrogen-bond acceptors (Lipinski definition) is 6. The molecule has 112 valence electrons. The summed E-state index contributed by atoms with van der Waals surface area (Å²) in [6.45, 7) is 4.82. The number of hydrogen-bond donors (Lipinski definition) is 1. The van der Waals surface area contributed by atoms with Gasteiger partial charge < -0.3 is 9.73 Å². The Morgan fingerprint density at radius 1 is 1.52 bits per heavy atom. The maximum absolute atomic E-state index is 10.9. The highest BCUT2D eigenvalue weighted by Crippen LogP contribution is 2.28. The molecule has 7 heteroatoms. The van der Waals surface area contributed by atoms with E-state index < -0.39 is 4.92 Å². The molecule has 1 fully saturated rings. The number of para-hydroxylation sites is 1. The Morgan fingerprint density at radius 3 is 3.00 bits per heavy atom. The first-order chi connectivity index (χ1) is 10.2. The van der Waals surface area contributed by atoms with E-state index in [1.165, 1.54) is 18.9 Å². The lowest BCUT2D eigenvalue weighted by molar-refractivity contribution is -0.383. The van der Waals surface area contributed by atoms with Crippen LogP contribution in [-0.2, 0) is 0 Å². The molecule has 7 nitrogen and oxygen atoms in total. The highest BCUT2D eigenvalue weighted by molar-refractivity contribution is 5.83. The Hall–Kier alpha value is -2.15. The molecule has 1 heterocycles. The summed E-state index contributed by atoms with van der Waals surface area (Å²) in [4.78, 5) is 17.1. The molecule has 1 aliphatic carbocycles. The Bertz CT molecular complexity index is 651. The maximum atomic E-state index is 10.9. The van der Waals surface area contributed by atoms with E-state index in [4.69, 9.17) is 4.42 Å². The van der Waals surface area contributed by atoms with E-state index in [1.807, 2.05) is 0 Å². The van der Waals surface area contributed by atoms with Crippen molar-refractivity contribution in [1.29, 1.82) is 0 Å². The van der Waals surface area contributed by atoms with Crippen LogP contribution in [0, 0.1) is 10.1 Å². The Morgan fingerprint density at radius 2 is 2.33 bits per heavy atom. The highest BCUT2D eigenvalue weighted by Gasteiger charge is 2.27. The van der Waals surface area contributed by atoms with Crippen LogP contribution >= 0.6 is 0 Å². The zero-order valence-corrected chi connectivity index (χ0v) is 11.9. The number of benzene rings is 1. The van der Waals surface area contributed by atoms with Crippen molar-refractivity contribution < 1.29 is 9.34 Å². The largest absolute Gasteiger partial charge is 0.423 e. The predicted octanol–water partition coefficient (Wildman–Crippen LogP) is 2.63. The Balaban J connectivity index is 1.67. The number of non-ortho nitro benzene ring substituents is 1. The fourth-order valence-corrected chi connectivity index (χ4v) is 2.50. The van der Waals surface area contributed by atoms with Crippen LogP contribution in [0.4, 0.5) is 11.7 Å². The van der Waals surface area contributed by atoms with Crippen molar-refractivity contribution in [2.24, 2.45) is 0 Å². The van der Waals surface area contributed by atoms with Gasteiger partial charge in [0.05, 0.1) is 4.92 Å². The van der Waals surface area contributed by atoms with Crippen molar-refractivity contribution in [1.82, 2.24) is 9.88 Å². The molecule has 21 heavy (non-hydrogen) atoms. The fourth-order valence-electron chi connectivity index (χ4n) is 2.50. The first-order valence-electron chi connectivity index (χ1n) is 7.21. The first kappa shape index (κ1) is 13.8. The van der Waals surface area contributed by atoms with Gasteiger partial charge in [-0.3, -0.25) is 15.0 Å². The van der Waals surface area contributed by atoms with E-state index in [0.29, 0.717) is 23.7 Å². The number of nitro groups is 1. The smallest absolute Gasteiger partial charge is 0.298 e. The molecule has 0 atom stereocenters. The number of aromatic nitrogens is 1. The van der Waals surface area contributed by atoms with Crippen LogP contribution in [0.1, 0.15) is 19.8 Å². The normalized spacial score (nSPS) is 14.8. The van der Waals surface area contributed by atoms with Gasteiger partial charge in [-0.25, -0.2) is 0 Å². The molecule has 1 saturated carbocycles. The van der Waals surface area contributed by atoms with Gasteiger partial charge in [-0.15, -0.1) is 0 Å². The summed E-state index contributed by atoms with van der Waals surface area (Å²) in [6.07, 6.45) is 2.56. The third kappa shape index (κ3) is 2.97. The number of anilines is 1. The number of nitrogens with one attached hydrogen (secondary N) is 1. The Kier molecular flexibility index (Phi) is 3.74. The van der Waals surface area contributed by atoms with Gasteiger partial charge in [-0.1, -0.05) is 13.0 Å². The number of fused-ring (bicyclic) bond motifs is 1. The number of nitro benzene ring substituents is 1. The van der Waals surface area contributed by atoms with Gasteiger partial charge in [0.2, 0.25) is 0 Å². The minimum absolute atomic E-state index is 0.0301. The maximum Gasteiger partial charge on any atom is 0.298 e. The quantitative estimate of drug-likeness (QED) is 0.623. The predicted molar refractivity (Wildman–Crippen MR) is 79.4 cm³/mol. The SMILES string of the molecule is CCN(CCNc1nc2c([N+](=O)[O-])cccc2o1)C1CC1. The average Bonchev–Trinajstić information content (AvgIpc) is 3.22. The number of nitrogens with zero attached hydrogens (tertiary/aromatic N) is 3. The highest BCUT2D eigenvalue weighted by atomic mass is 16.6. The van der Waals surface area contributed by atoms with Crippen LogP contribution < -0.4 is 5.32 Å². The molecular weight excluding hydrogens is 272 g/mol. The molecule has 0 radical (unpaired) electrons. The molecule has 0 aliphatic heterocycles. The van der Waals surface area contributed by atoms with Crippen LogP contribution in [0.25, 0.3) is 11.1 Å². The second-order valence-corrected chi connectivity index (χ2v) is 5.19. The first-order valence-corrected chi connectivity index (χ1v) is 7.21. The van der Waals surface area contributed by atoms with Gasteiger partial charge in [0.15, 0.2) is 11.1 Å². The molecule has 0 unspecified atom stereocenters. The van der Waals surface area contributed by atoms with E-state index >= 15 is 0 Å². The lowest BCUT2D eigenvalue weighted by Gasteiger charge is -2.19. The molecule has 3 rings (SSSR count). The van der Waals surface area contributed by atoms with Crippen LogP contribution in [-0.4, -0.2) is 40.5 Å². The molecule has 1 N–H and O–H groups in total. The third-order valence-corrected chi connectivity index (χ3v) is 3.74. The zero-order valence-electron chi connectivity index (χ0n) is 11.9. The van der Waals surface area contributed by atoms with E-state index in [1.54, 1.807) is 12.1 Å². The third-order valence-electron chi connectivity index (χ3n) is 3.74. The fraction of sp³-hybridized carbons (Fsp3) is 0.500. The molecule has 1 aromatic carbocycles. The van der Waals surface area contributed by atoms with Crippen LogP contribution in [0.5, 0.6) is 0 Å². The van der Waals surface area contributed by atoms with Gasteiger partial charge in [0.25, 0.3) is 11.7 Å². The van der Waals surface area contributed by atoms with E-state index in [9.17, 15) is 10.1 Å². The standard InChI is InChI=1S/C14H18N4O3/c1-2-17(10-6-7-10)9-8-15-14-16-13-11(18(19)20)4-3-5-12(13)21-14/h3-5,10H,2,6-9H2,1H3,(H,15,16). The summed E-state index contributed by atoms with van der Waals surface area (Å²) in [5.41, 5.74) is 0.693. The van der Waals surface area contributed by atoms with Gasteiger partial charge >= 0.3 is 0 Å². The lowest BCUT2D eigenvalue weighted by atomic mass is 10.3. The molecular formula is C14H18N4O3. The summed E-state index contributed by atoms with van der Waals surface area (Å²) in [6, 6.07) is 5.78. The molecule has 0 saturated heterocycles. The van der Waals surface area contributed by atoms with Crippen LogP contribution in [0.15, 0.2) is 22.6 Å². The number of oxazole rings is 1. The molecule has 0 amide bonds. The minimum Gasteiger partial charge on any atom is -0.423 e. The van der Waals surface area contributed by atoms with Gasteiger partial charge in [0.1, 0.15) is 0 Å². The summed E-state index contributed by atoms with van der Waals surface area (Å²) >= 11 is 0. The molecule has 1 aliphatic rings. The van der Waals surface area contributed by atoms with Crippen molar-refractivity contribution in [3.63, 3.8) is 0 Å². The van der Waals surface area contributed by atoms with Crippen molar-refractivity contribution in [2.45, 2.75) is 25.8 Å². The summed E-state index contributed by atoms with van der Waals surface area (Å²) in [5, 5.41) is 14.1. The summed E-state index contributed by atoms with van der Waals surface area (Å²) < 4.78 is 5.51. The molecule has 2 aromatic rings. The molecule has 0 bridgehead atoms. The van der Waals surface area contributed by atoms with Gasteiger partial charge in [0, 0.05) is 25.2 Å². The topological polar surface area (TPSA) is 84.4 Å². The lowest BCUT2D eigenvalue weighted by Crippen LogP contribution is -2.30. The monoisotopic (exact) mass is 290 g/mol. The van der Waals surface area contributed by atoms with Gasteiger partial charge in [-0.05, 0) is 25.5 Å². The van der Waals surface area contributed by atoms with Gasteiger partial charge in [-0.2, -0.15) is 4.98 Å². The van der Waals surface area contributed by atoms with E-state index in [0.717, 1.165) is 19.1 Å². The Labute approximate surface area is 122 Å². The van der Waals surface area contributed by atoms with Crippen molar-refractivity contribution in [3.05, 3.63) is 28.3 Å². The van der Waals surface area contributed by atoms with Crippen molar-refractivity contribution >= 4 is 22.8 Å². The second-order valence-electron chi connectivity index (χ2n) is 5.19. The van der Waals surface area contributed by atoms with Crippen molar-refractivity contribution in [3.8, 4) is 0 Å². The van der Waals surface area contributed by atoms with E-state index in [-0.39, 0.29) is 5.69 Å². The molecule has 1 aromatic heterocycles. The van der Waals surface area contributed by atoms with Crippen molar-refractivity contribution in [2.75, 3.05) is 25.0 Å². The number of likely N-dealkylation sites (N-methyl/N-ethyl adjacent to an activating group) is 1. The summed E-state index contributed by atoms with van der Waals surface area (Å²) in [5.74, 6) is 0. The second kappa shape index (κ2) is 5.69. The van der Waals surface area contributed by atoms with E-state index in [2.05, 4.69) is 22.1 Å².